The lowest BCUT2D eigenvalue weighted by Crippen LogP contribution is -2.40. The summed E-state index contributed by atoms with van der Waals surface area (Å²) in [5, 5.41) is 11.7. The summed E-state index contributed by atoms with van der Waals surface area (Å²) in [5.41, 5.74) is 4.94. The molecule has 19 nitrogen and oxygen atoms in total. The fourth-order valence-corrected chi connectivity index (χ4v) is 12.0. The zero-order valence-corrected chi connectivity index (χ0v) is 46.0. The van der Waals surface area contributed by atoms with Crippen molar-refractivity contribution in [1.29, 1.82) is 0 Å². The number of hydrogen-bond acceptors (Lipinski definition) is 15. The molecule has 0 atom stereocenters. The van der Waals surface area contributed by atoms with Crippen molar-refractivity contribution in [2.24, 2.45) is 11.8 Å². The first-order valence-corrected chi connectivity index (χ1v) is 27.4. The molecule has 21 heteroatoms. The maximum Gasteiger partial charge on any atom is 0.329 e. The third-order valence-electron chi connectivity index (χ3n) is 13.0. The molecule has 2 aliphatic rings. The van der Waals surface area contributed by atoms with Gasteiger partial charge in [0, 0.05) is 103 Å². The highest BCUT2D eigenvalue weighted by molar-refractivity contribution is 7.89. The molecule has 0 unspecified atom stereocenters. The molecule has 6 rings (SSSR count). The Labute approximate surface area is 433 Å². The molecule has 0 radical (unpaired) electrons. The van der Waals surface area contributed by atoms with Gasteiger partial charge in [0.15, 0.2) is 0 Å². The van der Waals surface area contributed by atoms with Gasteiger partial charge in [0.05, 0.1) is 37.2 Å². The number of piperidine rings is 2. The fraction of sp³-hybridized carbons (Fsp3) is 0.538. The molecule has 0 saturated carbocycles. The van der Waals surface area contributed by atoms with Crippen molar-refractivity contribution in [3.8, 4) is 11.5 Å². The molecule has 2 saturated heterocycles. The summed E-state index contributed by atoms with van der Waals surface area (Å²) in [4.78, 5) is 38.0. The van der Waals surface area contributed by atoms with Crippen LogP contribution in [0.1, 0.15) is 47.9 Å². The third kappa shape index (κ3) is 18.2. The molecule has 404 valence electrons. The van der Waals surface area contributed by atoms with Gasteiger partial charge in [-0.15, -0.1) is 0 Å². The minimum Gasteiger partial charge on any atom is -0.497 e. The fourth-order valence-electron chi connectivity index (χ4n) is 8.89. The number of methoxy groups -OCH3 is 2. The highest BCUT2D eigenvalue weighted by Crippen LogP contribution is 2.30. The second-order valence-electron chi connectivity index (χ2n) is 18.4. The first-order valence-electron chi connectivity index (χ1n) is 24.5. The van der Waals surface area contributed by atoms with Crippen molar-refractivity contribution < 1.29 is 50.5 Å². The number of carbonyl (C=O) groups excluding carboxylic acids is 1. The van der Waals surface area contributed by atoms with Crippen molar-refractivity contribution in [1.82, 2.24) is 28.8 Å². The van der Waals surface area contributed by atoms with Crippen LogP contribution in [0.4, 0.5) is 11.4 Å². The lowest BCUT2D eigenvalue weighted by atomic mass is 9.96. The molecule has 4 aromatic rings. The van der Waals surface area contributed by atoms with Crippen molar-refractivity contribution in [3.05, 3.63) is 95.6 Å². The average Bonchev–Trinajstić information content (AvgIpc) is 3.37. The van der Waals surface area contributed by atoms with E-state index in [2.05, 4.69) is 37.2 Å². The zero-order chi connectivity index (χ0) is 53.7. The Balaban J connectivity index is 0.000000264. The lowest BCUT2D eigenvalue weighted by molar-refractivity contribution is -0.142. The number of carboxylic acid groups (broad SMARTS) is 1. The van der Waals surface area contributed by atoms with Crippen LogP contribution in [0, 0.1) is 39.5 Å². The summed E-state index contributed by atoms with van der Waals surface area (Å²) in [7, 11) is 2.50. The summed E-state index contributed by atoms with van der Waals surface area (Å²) in [6, 6.07) is 15.0. The molecule has 0 aliphatic carbocycles. The van der Waals surface area contributed by atoms with Crippen LogP contribution in [0.5, 0.6) is 11.5 Å². The van der Waals surface area contributed by atoms with E-state index in [1.807, 2.05) is 44.0 Å². The quantitative estimate of drug-likeness (QED) is 0.0960. The van der Waals surface area contributed by atoms with E-state index in [4.69, 9.17) is 24.1 Å². The van der Waals surface area contributed by atoms with E-state index >= 15 is 0 Å². The third-order valence-corrected chi connectivity index (χ3v) is 17.3. The highest BCUT2D eigenvalue weighted by atomic mass is 32.2. The predicted molar refractivity (Wildman–Crippen MR) is 284 cm³/mol. The standard InChI is InChI=1S/C26H38N4O5S.C14H21NO6S.C12H19N3/c1-20-16-24(34-5)17-21(2)26(20)36(32,33)29(4)14-15-35-19-25(31)28(3)18-22-8-12-30(13-9-22)23-6-10-27-11-7-23;1-10-7-12(20-4)8-11(2)14(10)22(18,19)15(3)5-6-21-9-13(16)17;1-13-10-11-4-8-15(9-5-11)12-2-6-14-7-3-12/h6-7,10-11,16-17,22H,8-9,12-15,18-19H2,1-5H3;7-8H,5-6,9H2,1-4H3,(H,16,17);2-3,6-7,11,13H,4-5,8-10H2,1H3. The van der Waals surface area contributed by atoms with Crippen LogP contribution in [-0.2, 0) is 39.1 Å². The van der Waals surface area contributed by atoms with Crippen molar-refractivity contribution in [2.75, 3.05) is 131 Å². The number of carbonyl (C=O) groups is 2. The predicted octanol–water partition coefficient (Wildman–Crippen LogP) is 5.27. The summed E-state index contributed by atoms with van der Waals surface area (Å²) >= 11 is 0. The smallest absolute Gasteiger partial charge is 0.329 e. The normalized spacial score (nSPS) is 14.5. The summed E-state index contributed by atoms with van der Waals surface area (Å²) in [5.74, 6) is 1.34. The molecule has 1 amide bonds. The van der Waals surface area contributed by atoms with Crippen molar-refractivity contribution in [2.45, 2.75) is 63.2 Å². The van der Waals surface area contributed by atoms with Crippen LogP contribution in [0.3, 0.4) is 0 Å². The number of nitrogens with zero attached hydrogens (tertiary/aromatic N) is 7. The van der Waals surface area contributed by atoms with Gasteiger partial charge in [-0.05, 0) is 150 Å². The number of aryl methyl sites for hydroxylation is 4. The number of rotatable bonds is 22. The van der Waals surface area contributed by atoms with Crippen molar-refractivity contribution >= 4 is 43.3 Å². The molecule has 2 fully saturated rings. The van der Waals surface area contributed by atoms with Gasteiger partial charge in [-0.2, -0.15) is 8.61 Å². The number of benzene rings is 2. The van der Waals surface area contributed by atoms with Gasteiger partial charge in [-0.3, -0.25) is 14.8 Å². The molecule has 2 aromatic heterocycles. The largest absolute Gasteiger partial charge is 0.497 e. The molecule has 4 heterocycles. The molecule has 0 bridgehead atoms. The Morgan fingerprint density at radius 3 is 1.37 bits per heavy atom. The van der Waals surface area contributed by atoms with E-state index in [0.717, 1.165) is 42.7 Å². The van der Waals surface area contributed by atoms with Gasteiger partial charge in [0.2, 0.25) is 26.0 Å². The van der Waals surface area contributed by atoms with Gasteiger partial charge >= 0.3 is 5.97 Å². The number of aromatic nitrogens is 2. The van der Waals surface area contributed by atoms with Crippen LogP contribution < -0.4 is 24.6 Å². The number of carboxylic acids is 1. The number of sulfonamides is 2. The van der Waals surface area contributed by atoms with Crippen LogP contribution in [-0.4, -0.2) is 178 Å². The number of hydrogen-bond donors (Lipinski definition) is 2. The van der Waals surface area contributed by atoms with E-state index in [-0.39, 0.29) is 48.6 Å². The van der Waals surface area contributed by atoms with E-state index in [1.54, 1.807) is 71.0 Å². The molecule has 73 heavy (non-hydrogen) atoms. The van der Waals surface area contributed by atoms with Gasteiger partial charge in [-0.1, -0.05) is 0 Å². The number of anilines is 2. The minimum atomic E-state index is -3.69. The van der Waals surface area contributed by atoms with Gasteiger partial charge in [-0.25, -0.2) is 21.6 Å². The van der Waals surface area contributed by atoms with Crippen molar-refractivity contribution in [3.63, 3.8) is 0 Å². The van der Waals surface area contributed by atoms with Gasteiger partial charge in [0.25, 0.3) is 0 Å². The highest BCUT2D eigenvalue weighted by Gasteiger charge is 2.28. The molecule has 2 N–H and O–H groups in total. The molecule has 2 aromatic carbocycles. The zero-order valence-electron chi connectivity index (χ0n) is 44.4. The number of pyridine rings is 2. The van der Waals surface area contributed by atoms with E-state index in [1.165, 1.54) is 62.8 Å². The number of likely N-dealkylation sites (N-methyl/N-ethyl adjacent to an activating group) is 3. The average molecular weight is 1060 g/mol. The summed E-state index contributed by atoms with van der Waals surface area (Å²) < 4.78 is 74.6. The SMILES string of the molecule is CNCC1CCN(c2ccncc2)CC1.COc1cc(C)c(S(=O)(=O)N(C)CCOCC(=O)N(C)CC2CCN(c3ccncc3)CC2)c(C)c1.COc1cc(C)c(S(=O)(=O)N(C)CCOCC(=O)O)c(C)c1. The number of amides is 1. The molecule has 2 aliphatic heterocycles. The monoisotopic (exact) mass is 1050 g/mol. The minimum absolute atomic E-state index is 0.0102. The van der Waals surface area contributed by atoms with Crippen LogP contribution >= 0.6 is 0 Å². The number of aliphatic carboxylic acids is 1. The van der Waals surface area contributed by atoms with Crippen LogP contribution in [0.2, 0.25) is 0 Å². The Hall–Kier alpha value is -5.42. The Morgan fingerprint density at radius 1 is 0.644 bits per heavy atom. The topological polar surface area (TPSA) is 214 Å². The summed E-state index contributed by atoms with van der Waals surface area (Å²) in [6.07, 6.45) is 12.0. The lowest BCUT2D eigenvalue weighted by Gasteiger charge is -2.35. The van der Waals surface area contributed by atoms with E-state index in [0.29, 0.717) is 46.2 Å². The first kappa shape index (κ1) is 60.1. The Morgan fingerprint density at radius 2 is 1.01 bits per heavy atom. The van der Waals surface area contributed by atoms with Gasteiger partial charge in [0.1, 0.15) is 24.7 Å². The molecule has 0 spiro atoms. The first-order chi connectivity index (χ1) is 34.7. The number of nitrogens with one attached hydrogen (secondary N) is 1. The second-order valence-corrected chi connectivity index (χ2v) is 22.4. The maximum absolute atomic E-state index is 13.1. The van der Waals surface area contributed by atoms with E-state index < -0.39 is 32.6 Å². The Bertz CT molecular complexity index is 2520. The molecular formula is C52H78N8O11S2. The molecular weight excluding hydrogens is 977 g/mol. The second kappa shape index (κ2) is 29.5. The number of ether oxygens (including phenoxy) is 4. The summed E-state index contributed by atoms with van der Waals surface area (Å²) in [6.45, 7) is 12.9. The Kier molecular flexibility index (Phi) is 24.3. The van der Waals surface area contributed by atoms with Gasteiger partial charge < -0.3 is 44.1 Å². The van der Waals surface area contributed by atoms with E-state index in [9.17, 15) is 26.4 Å². The van der Waals surface area contributed by atoms with Crippen LogP contribution in [0.15, 0.2) is 83.1 Å². The van der Waals surface area contributed by atoms with Crippen LogP contribution in [0.25, 0.3) is 0 Å². The maximum atomic E-state index is 13.1.